The second-order valence-electron chi connectivity index (χ2n) is 6.78. The Morgan fingerprint density at radius 3 is 2.83 bits per heavy atom. The monoisotopic (exact) mass is 328 g/mol. The highest BCUT2D eigenvalue weighted by Gasteiger charge is 2.28. The molecule has 1 unspecified atom stereocenters. The van der Waals surface area contributed by atoms with Gasteiger partial charge in [-0.05, 0) is 44.4 Å². The molecule has 2 aromatic rings. The fourth-order valence-electron chi connectivity index (χ4n) is 3.62. The van der Waals surface area contributed by atoms with Crippen molar-refractivity contribution in [3.63, 3.8) is 0 Å². The molecule has 0 radical (unpaired) electrons. The minimum Gasteiger partial charge on any atom is -0.423 e. The van der Waals surface area contributed by atoms with Crippen molar-refractivity contribution < 1.29 is 9.21 Å². The maximum Gasteiger partial charge on any atom is 0.298 e. The van der Waals surface area contributed by atoms with Crippen molar-refractivity contribution >= 4 is 23.0 Å². The molecule has 1 amide bonds. The first-order valence-electron chi connectivity index (χ1n) is 8.91. The Labute approximate surface area is 141 Å². The van der Waals surface area contributed by atoms with Crippen LogP contribution in [0.4, 0.5) is 6.01 Å². The van der Waals surface area contributed by atoms with Crippen LogP contribution in [-0.4, -0.2) is 43.1 Å². The summed E-state index contributed by atoms with van der Waals surface area (Å²) in [6.45, 7) is 3.59. The number of amides is 1. The summed E-state index contributed by atoms with van der Waals surface area (Å²) >= 11 is 0. The highest BCUT2D eigenvalue weighted by molar-refractivity contribution is 5.79. The van der Waals surface area contributed by atoms with Gasteiger partial charge >= 0.3 is 0 Å². The van der Waals surface area contributed by atoms with Gasteiger partial charge in [0.1, 0.15) is 5.52 Å². The Morgan fingerprint density at radius 1 is 1.25 bits per heavy atom. The van der Waals surface area contributed by atoms with Crippen molar-refractivity contribution in [3.8, 4) is 0 Å². The smallest absolute Gasteiger partial charge is 0.298 e. The lowest BCUT2D eigenvalue weighted by atomic mass is 9.95. The number of anilines is 1. The van der Waals surface area contributed by atoms with Crippen molar-refractivity contribution in [1.82, 2.24) is 15.6 Å². The first-order valence-corrected chi connectivity index (χ1v) is 8.91. The average Bonchev–Trinajstić information content (AvgIpc) is 3.07. The summed E-state index contributed by atoms with van der Waals surface area (Å²) in [7, 11) is 0. The van der Waals surface area contributed by atoms with Crippen LogP contribution in [0.25, 0.3) is 11.1 Å². The SMILES string of the molecule is O=C(NC1CCCNC1)C1CCN(c2nc3ccccc3o2)CC1. The summed E-state index contributed by atoms with van der Waals surface area (Å²) in [4.78, 5) is 19.1. The van der Waals surface area contributed by atoms with E-state index < -0.39 is 0 Å². The van der Waals surface area contributed by atoms with E-state index in [0.29, 0.717) is 12.1 Å². The fraction of sp³-hybridized carbons (Fsp3) is 0.556. The maximum atomic E-state index is 12.5. The normalized spacial score (nSPS) is 22.7. The van der Waals surface area contributed by atoms with Gasteiger partial charge in [-0.2, -0.15) is 4.98 Å². The lowest BCUT2D eigenvalue weighted by Gasteiger charge is -2.32. The minimum absolute atomic E-state index is 0.104. The van der Waals surface area contributed by atoms with Gasteiger partial charge in [-0.25, -0.2) is 0 Å². The number of carbonyl (C=O) groups is 1. The standard InChI is InChI=1S/C18H24N4O2/c23-17(20-14-4-3-9-19-12-14)13-7-10-22(11-8-13)18-21-15-5-1-2-6-16(15)24-18/h1-2,5-6,13-14,19H,3-4,7-12H2,(H,20,23). The number of benzene rings is 1. The fourth-order valence-corrected chi connectivity index (χ4v) is 3.62. The molecule has 0 spiro atoms. The third kappa shape index (κ3) is 3.24. The number of carbonyl (C=O) groups excluding carboxylic acids is 1. The van der Waals surface area contributed by atoms with Crippen LogP contribution in [0.1, 0.15) is 25.7 Å². The van der Waals surface area contributed by atoms with Gasteiger partial charge in [-0.1, -0.05) is 12.1 Å². The lowest BCUT2D eigenvalue weighted by molar-refractivity contribution is -0.126. The molecule has 0 bridgehead atoms. The molecule has 2 aliphatic rings. The third-order valence-electron chi connectivity index (χ3n) is 5.06. The maximum absolute atomic E-state index is 12.5. The molecule has 2 aliphatic heterocycles. The van der Waals surface area contributed by atoms with Crippen LogP contribution >= 0.6 is 0 Å². The van der Waals surface area contributed by atoms with Crippen LogP contribution in [0.3, 0.4) is 0 Å². The van der Waals surface area contributed by atoms with Crippen LogP contribution in [0.15, 0.2) is 28.7 Å². The molecular formula is C18H24N4O2. The number of rotatable bonds is 3. The number of hydrogen-bond acceptors (Lipinski definition) is 5. The molecule has 1 aromatic carbocycles. The summed E-state index contributed by atoms with van der Waals surface area (Å²) in [5.74, 6) is 0.313. The van der Waals surface area contributed by atoms with Crippen molar-refractivity contribution in [2.75, 3.05) is 31.1 Å². The number of aromatic nitrogens is 1. The zero-order chi connectivity index (χ0) is 16.4. The van der Waals surface area contributed by atoms with Gasteiger partial charge in [-0.15, -0.1) is 0 Å². The predicted octanol–water partition coefficient (Wildman–Crippen LogP) is 1.91. The first-order chi connectivity index (χ1) is 11.8. The predicted molar refractivity (Wildman–Crippen MR) is 93.0 cm³/mol. The second kappa shape index (κ2) is 6.81. The lowest BCUT2D eigenvalue weighted by Crippen LogP contribution is -2.49. The molecule has 0 saturated carbocycles. The van der Waals surface area contributed by atoms with Crippen LogP contribution in [0.2, 0.25) is 0 Å². The highest BCUT2D eigenvalue weighted by Crippen LogP contribution is 2.26. The van der Waals surface area contributed by atoms with E-state index in [1.54, 1.807) is 0 Å². The summed E-state index contributed by atoms with van der Waals surface area (Å²) < 4.78 is 5.83. The van der Waals surface area contributed by atoms with Crippen molar-refractivity contribution in [3.05, 3.63) is 24.3 Å². The summed E-state index contributed by atoms with van der Waals surface area (Å²) in [6, 6.07) is 8.78. The number of nitrogens with zero attached hydrogens (tertiary/aromatic N) is 2. The Kier molecular flexibility index (Phi) is 4.38. The second-order valence-corrected chi connectivity index (χ2v) is 6.78. The van der Waals surface area contributed by atoms with Gasteiger partial charge in [0.15, 0.2) is 5.58 Å². The molecule has 6 nitrogen and oxygen atoms in total. The van der Waals surface area contributed by atoms with Gasteiger partial charge in [0.05, 0.1) is 0 Å². The van der Waals surface area contributed by atoms with Gasteiger partial charge < -0.3 is 20.0 Å². The molecule has 4 rings (SSSR count). The molecular weight excluding hydrogens is 304 g/mol. The van der Waals surface area contributed by atoms with Gasteiger partial charge in [0, 0.05) is 31.6 Å². The zero-order valence-corrected chi connectivity index (χ0v) is 13.8. The number of para-hydroxylation sites is 2. The van der Waals surface area contributed by atoms with Gasteiger partial charge in [-0.3, -0.25) is 4.79 Å². The van der Waals surface area contributed by atoms with Crippen LogP contribution in [0.5, 0.6) is 0 Å². The number of nitrogens with one attached hydrogen (secondary N) is 2. The Hall–Kier alpha value is -2.08. The van der Waals surface area contributed by atoms with E-state index >= 15 is 0 Å². The molecule has 0 aliphatic carbocycles. The van der Waals surface area contributed by atoms with E-state index in [9.17, 15) is 4.79 Å². The molecule has 2 N–H and O–H groups in total. The third-order valence-corrected chi connectivity index (χ3v) is 5.06. The summed E-state index contributed by atoms with van der Waals surface area (Å²) in [5.41, 5.74) is 1.70. The Bertz CT molecular complexity index is 667. The number of hydrogen-bond donors (Lipinski definition) is 2. The number of oxazole rings is 1. The largest absolute Gasteiger partial charge is 0.423 e. The Morgan fingerprint density at radius 2 is 2.08 bits per heavy atom. The molecule has 1 atom stereocenters. The molecule has 6 heteroatoms. The van der Waals surface area contributed by atoms with Crippen molar-refractivity contribution in [2.45, 2.75) is 31.7 Å². The molecule has 2 fully saturated rings. The number of piperidine rings is 2. The molecule has 24 heavy (non-hydrogen) atoms. The van der Waals surface area contributed by atoms with E-state index in [1.165, 1.54) is 0 Å². The van der Waals surface area contributed by atoms with Gasteiger partial charge in [0.25, 0.3) is 6.01 Å². The van der Waals surface area contributed by atoms with E-state index in [1.807, 2.05) is 24.3 Å². The zero-order valence-electron chi connectivity index (χ0n) is 13.8. The molecule has 1 aromatic heterocycles. The van der Waals surface area contributed by atoms with E-state index in [4.69, 9.17) is 4.42 Å². The molecule has 3 heterocycles. The molecule has 2 saturated heterocycles. The Balaban J connectivity index is 1.33. The summed E-state index contributed by atoms with van der Waals surface area (Å²) in [6.07, 6.45) is 3.93. The van der Waals surface area contributed by atoms with Crippen LogP contribution in [0, 0.1) is 5.92 Å². The highest BCUT2D eigenvalue weighted by atomic mass is 16.4. The van der Waals surface area contributed by atoms with Crippen molar-refractivity contribution in [1.29, 1.82) is 0 Å². The van der Waals surface area contributed by atoms with Crippen LogP contribution in [-0.2, 0) is 4.79 Å². The average molecular weight is 328 g/mol. The first kappa shape index (κ1) is 15.4. The quantitative estimate of drug-likeness (QED) is 0.901. The number of fused-ring (bicyclic) bond motifs is 1. The van der Waals surface area contributed by atoms with Crippen molar-refractivity contribution in [2.24, 2.45) is 5.92 Å². The summed E-state index contributed by atoms with van der Waals surface area (Å²) in [5, 5.41) is 6.55. The van der Waals surface area contributed by atoms with E-state index in [-0.39, 0.29) is 11.8 Å². The van der Waals surface area contributed by atoms with E-state index in [0.717, 1.165) is 63.0 Å². The van der Waals surface area contributed by atoms with Gasteiger partial charge in [0.2, 0.25) is 5.91 Å². The molecule has 128 valence electrons. The topological polar surface area (TPSA) is 70.4 Å². The minimum atomic E-state index is 0.104. The van der Waals surface area contributed by atoms with Crippen LogP contribution < -0.4 is 15.5 Å². The van der Waals surface area contributed by atoms with E-state index in [2.05, 4.69) is 20.5 Å².